The van der Waals surface area contributed by atoms with Gasteiger partial charge >= 0.3 is 0 Å². The molecule has 0 atom stereocenters. The molecule has 0 aliphatic carbocycles. The van der Waals surface area contributed by atoms with E-state index in [4.69, 9.17) is 9.47 Å². The first-order chi connectivity index (χ1) is 10.1. The Balaban J connectivity index is 0.00000441. The number of benzene rings is 1. The molecule has 1 amide bonds. The van der Waals surface area contributed by atoms with Crippen molar-refractivity contribution in [3.8, 4) is 5.75 Å². The smallest absolute Gasteiger partial charge is 0.273 e. The molecule has 0 aromatic heterocycles. The van der Waals surface area contributed by atoms with Gasteiger partial charge in [-0.05, 0) is 6.07 Å². The Morgan fingerprint density at radius 2 is 2.09 bits per heavy atom. The van der Waals surface area contributed by atoms with Crippen LogP contribution in [-0.2, 0) is 9.53 Å². The van der Waals surface area contributed by atoms with Crippen LogP contribution < -0.4 is 15.4 Å². The number of carbonyl (C=O) groups excluding carboxylic acids is 1. The zero-order chi connectivity index (χ0) is 15.5. The number of amides is 1. The standard InChI is InChI=1S/C13H19N3O5.ClH/c1-20-8-7-14-5-6-15-13(17)10-21-12-4-2-3-11(9-12)16(18)19;/h2-4,9,14H,5-8,10H2,1H3,(H,15,17);1H. The summed E-state index contributed by atoms with van der Waals surface area (Å²) in [5.41, 5.74) is -0.0738. The largest absolute Gasteiger partial charge is 0.484 e. The van der Waals surface area contributed by atoms with Crippen molar-refractivity contribution in [2.45, 2.75) is 0 Å². The average Bonchev–Trinajstić information content (AvgIpc) is 2.49. The van der Waals surface area contributed by atoms with Crippen molar-refractivity contribution in [3.05, 3.63) is 34.4 Å². The third-order valence-corrected chi connectivity index (χ3v) is 2.51. The van der Waals surface area contributed by atoms with E-state index >= 15 is 0 Å². The second-order valence-corrected chi connectivity index (χ2v) is 4.14. The van der Waals surface area contributed by atoms with Crippen molar-refractivity contribution in [2.75, 3.05) is 40.0 Å². The van der Waals surface area contributed by atoms with E-state index in [2.05, 4.69) is 10.6 Å². The Morgan fingerprint density at radius 3 is 2.77 bits per heavy atom. The van der Waals surface area contributed by atoms with Gasteiger partial charge in [-0.3, -0.25) is 14.9 Å². The van der Waals surface area contributed by atoms with E-state index in [1.807, 2.05) is 0 Å². The first-order valence-corrected chi connectivity index (χ1v) is 6.47. The predicted octanol–water partition coefficient (Wildman–Crippen LogP) is 0.748. The topological polar surface area (TPSA) is 103 Å². The number of hydrogen-bond donors (Lipinski definition) is 2. The maximum atomic E-state index is 11.5. The molecule has 0 saturated heterocycles. The number of nitro groups is 1. The summed E-state index contributed by atoms with van der Waals surface area (Å²) in [4.78, 5) is 21.6. The molecule has 8 nitrogen and oxygen atoms in total. The fourth-order valence-electron chi connectivity index (χ4n) is 1.48. The Hall–Kier alpha value is -1.90. The zero-order valence-electron chi connectivity index (χ0n) is 12.2. The van der Waals surface area contributed by atoms with Gasteiger partial charge in [0.25, 0.3) is 11.6 Å². The summed E-state index contributed by atoms with van der Waals surface area (Å²) in [6, 6.07) is 5.70. The van der Waals surface area contributed by atoms with Crippen LogP contribution >= 0.6 is 12.4 Å². The molecule has 22 heavy (non-hydrogen) atoms. The number of ether oxygens (including phenoxy) is 2. The summed E-state index contributed by atoms with van der Waals surface area (Å²) >= 11 is 0. The second kappa shape index (κ2) is 11.7. The molecule has 0 aliphatic rings. The van der Waals surface area contributed by atoms with Gasteiger partial charge in [0.2, 0.25) is 0 Å². The summed E-state index contributed by atoms with van der Waals surface area (Å²) in [5, 5.41) is 16.3. The Kier molecular flexibility index (Phi) is 10.7. The lowest BCUT2D eigenvalue weighted by Gasteiger charge is -2.08. The number of halogens is 1. The Morgan fingerprint density at radius 1 is 1.32 bits per heavy atom. The van der Waals surface area contributed by atoms with Crippen molar-refractivity contribution >= 4 is 24.0 Å². The maximum Gasteiger partial charge on any atom is 0.273 e. The molecule has 124 valence electrons. The van der Waals surface area contributed by atoms with Gasteiger partial charge in [-0.15, -0.1) is 12.4 Å². The van der Waals surface area contributed by atoms with Crippen LogP contribution in [0.1, 0.15) is 0 Å². The van der Waals surface area contributed by atoms with Gasteiger partial charge < -0.3 is 20.1 Å². The lowest BCUT2D eigenvalue weighted by molar-refractivity contribution is -0.384. The van der Waals surface area contributed by atoms with Gasteiger partial charge in [0.1, 0.15) is 5.75 Å². The van der Waals surface area contributed by atoms with Crippen LogP contribution in [0.3, 0.4) is 0 Å². The molecule has 0 saturated carbocycles. The van der Waals surface area contributed by atoms with E-state index in [9.17, 15) is 14.9 Å². The molecule has 0 radical (unpaired) electrons. The van der Waals surface area contributed by atoms with Gasteiger partial charge in [0.15, 0.2) is 6.61 Å². The van der Waals surface area contributed by atoms with Crippen LogP contribution in [0.15, 0.2) is 24.3 Å². The van der Waals surface area contributed by atoms with Crippen molar-refractivity contribution in [3.63, 3.8) is 0 Å². The quantitative estimate of drug-likeness (QED) is 0.372. The third-order valence-electron chi connectivity index (χ3n) is 2.51. The van der Waals surface area contributed by atoms with Gasteiger partial charge in [-0.2, -0.15) is 0 Å². The molecule has 0 aliphatic heterocycles. The average molecular weight is 334 g/mol. The number of carbonyl (C=O) groups is 1. The van der Waals surface area contributed by atoms with Gasteiger partial charge in [-0.25, -0.2) is 0 Å². The number of hydrogen-bond acceptors (Lipinski definition) is 6. The predicted molar refractivity (Wildman–Crippen MR) is 83.6 cm³/mol. The molecule has 0 heterocycles. The lowest BCUT2D eigenvalue weighted by Crippen LogP contribution is -2.35. The van der Waals surface area contributed by atoms with E-state index in [0.717, 1.165) is 6.54 Å². The summed E-state index contributed by atoms with van der Waals surface area (Å²) in [6.07, 6.45) is 0. The number of nitro benzene ring substituents is 1. The van der Waals surface area contributed by atoms with Gasteiger partial charge in [0, 0.05) is 32.8 Å². The van der Waals surface area contributed by atoms with Crippen LogP contribution in [0.2, 0.25) is 0 Å². The summed E-state index contributed by atoms with van der Waals surface area (Å²) in [7, 11) is 1.62. The number of rotatable bonds is 10. The first-order valence-electron chi connectivity index (χ1n) is 6.47. The number of methoxy groups -OCH3 is 1. The fraction of sp³-hybridized carbons (Fsp3) is 0.462. The normalized spacial score (nSPS) is 9.68. The minimum absolute atomic E-state index is 0. The molecular weight excluding hydrogens is 314 g/mol. The highest BCUT2D eigenvalue weighted by Crippen LogP contribution is 2.18. The molecular formula is C13H20ClN3O5. The van der Waals surface area contributed by atoms with Gasteiger partial charge in [0.05, 0.1) is 17.6 Å². The van der Waals surface area contributed by atoms with Crippen LogP contribution in [0.4, 0.5) is 5.69 Å². The molecule has 0 spiro atoms. The van der Waals surface area contributed by atoms with E-state index in [1.54, 1.807) is 13.2 Å². The Labute approximate surface area is 134 Å². The number of nitrogens with zero attached hydrogens (tertiary/aromatic N) is 1. The molecule has 1 aromatic rings. The van der Waals surface area contributed by atoms with Crippen molar-refractivity contribution in [2.24, 2.45) is 0 Å². The van der Waals surface area contributed by atoms with E-state index in [-0.39, 0.29) is 36.4 Å². The minimum Gasteiger partial charge on any atom is -0.484 e. The molecule has 0 fully saturated rings. The highest BCUT2D eigenvalue weighted by atomic mass is 35.5. The first kappa shape index (κ1) is 20.1. The summed E-state index contributed by atoms with van der Waals surface area (Å²) < 4.78 is 10.1. The summed E-state index contributed by atoms with van der Waals surface area (Å²) in [6.45, 7) is 2.26. The molecule has 1 rings (SSSR count). The monoisotopic (exact) mass is 333 g/mol. The zero-order valence-corrected chi connectivity index (χ0v) is 13.1. The highest BCUT2D eigenvalue weighted by Gasteiger charge is 2.07. The number of non-ortho nitro benzene ring substituents is 1. The van der Waals surface area contributed by atoms with Crippen LogP contribution in [0.25, 0.3) is 0 Å². The van der Waals surface area contributed by atoms with Crippen LogP contribution in [0, 0.1) is 10.1 Å². The van der Waals surface area contributed by atoms with Crippen LogP contribution in [-0.4, -0.2) is 50.8 Å². The minimum atomic E-state index is -0.515. The molecule has 2 N–H and O–H groups in total. The highest BCUT2D eigenvalue weighted by molar-refractivity contribution is 5.85. The molecule has 0 unspecified atom stereocenters. The van der Waals surface area contributed by atoms with E-state index in [1.165, 1.54) is 18.2 Å². The number of nitrogens with one attached hydrogen (secondary N) is 2. The second-order valence-electron chi connectivity index (χ2n) is 4.14. The van der Waals surface area contributed by atoms with E-state index < -0.39 is 4.92 Å². The van der Waals surface area contributed by atoms with Crippen molar-refractivity contribution in [1.29, 1.82) is 0 Å². The Bertz CT molecular complexity index is 473. The summed E-state index contributed by atoms with van der Waals surface area (Å²) in [5.74, 6) is 0.00705. The SMILES string of the molecule is COCCNCCNC(=O)COc1cccc([N+](=O)[O-])c1.Cl. The van der Waals surface area contributed by atoms with Crippen molar-refractivity contribution < 1.29 is 19.2 Å². The maximum absolute atomic E-state index is 11.5. The van der Waals surface area contributed by atoms with Crippen molar-refractivity contribution in [1.82, 2.24) is 10.6 Å². The lowest BCUT2D eigenvalue weighted by atomic mass is 10.3. The molecule has 9 heteroatoms. The molecule has 1 aromatic carbocycles. The fourth-order valence-corrected chi connectivity index (χ4v) is 1.48. The third kappa shape index (κ3) is 8.40. The van der Waals surface area contributed by atoms with Crippen LogP contribution in [0.5, 0.6) is 5.75 Å². The van der Waals surface area contributed by atoms with Gasteiger partial charge in [-0.1, -0.05) is 6.07 Å². The van der Waals surface area contributed by atoms with E-state index in [0.29, 0.717) is 19.7 Å². The molecule has 0 bridgehead atoms.